The molecule has 0 radical (unpaired) electrons. The van der Waals surface area contributed by atoms with Crippen LogP contribution in [-0.4, -0.2) is 15.5 Å². The van der Waals surface area contributed by atoms with E-state index in [1.54, 1.807) is 0 Å². The van der Waals surface area contributed by atoms with Gasteiger partial charge in [0.05, 0.1) is 17.5 Å². The van der Waals surface area contributed by atoms with Gasteiger partial charge in [-0.2, -0.15) is 0 Å². The number of para-hydroxylation sites is 1. The maximum Gasteiger partial charge on any atom is 0.228 e. The molecule has 0 fully saturated rings. The Kier molecular flexibility index (Phi) is 4.15. The smallest absolute Gasteiger partial charge is 0.228 e. The van der Waals surface area contributed by atoms with Crippen LogP contribution >= 0.6 is 0 Å². The predicted octanol–water partition coefficient (Wildman–Crippen LogP) is 4.11. The molecular weight excluding hydrogens is 286 g/mol. The van der Waals surface area contributed by atoms with Crippen molar-refractivity contribution in [2.24, 2.45) is 0 Å². The van der Waals surface area contributed by atoms with Gasteiger partial charge in [-0.25, -0.2) is 4.98 Å². The van der Waals surface area contributed by atoms with Crippen molar-refractivity contribution in [3.05, 3.63) is 59.9 Å². The molecule has 1 aromatic heterocycles. The van der Waals surface area contributed by atoms with Gasteiger partial charge in [-0.1, -0.05) is 24.3 Å². The average Bonchev–Trinajstić information content (AvgIpc) is 2.83. The first kappa shape index (κ1) is 15.3. The number of anilines is 1. The van der Waals surface area contributed by atoms with Crippen molar-refractivity contribution >= 4 is 22.6 Å². The van der Waals surface area contributed by atoms with E-state index in [1.165, 1.54) is 0 Å². The number of carbonyl (C=O) groups is 1. The minimum Gasteiger partial charge on any atom is -0.326 e. The zero-order chi connectivity index (χ0) is 16.4. The van der Waals surface area contributed by atoms with Crippen LogP contribution in [0.1, 0.15) is 31.3 Å². The van der Waals surface area contributed by atoms with E-state index in [1.807, 2.05) is 49.4 Å². The summed E-state index contributed by atoms with van der Waals surface area (Å²) in [7, 11) is 0. The molecule has 1 amide bonds. The molecule has 2 aromatic carbocycles. The van der Waals surface area contributed by atoms with Gasteiger partial charge in [-0.05, 0) is 50.6 Å². The largest absolute Gasteiger partial charge is 0.326 e. The molecule has 23 heavy (non-hydrogen) atoms. The molecule has 0 aliphatic carbocycles. The maximum atomic E-state index is 12.2. The summed E-state index contributed by atoms with van der Waals surface area (Å²) in [5.41, 5.74) is 3.85. The van der Waals surface area contributed by atoms with E-state index in [0.717, 1.165) is 28.1 Å². The van der Waals surface area contributed by atoms with Gasteiger partial charge in [-0.3, -0.25) is 4.79 Å². The third-order valence-corrected chi connectivity index (χ3v) is 3.87. The maximum absolute atomic E-state index is 12.2. The van der Waals surface area contributed by atoms with Crippen LogP contribution in [-0.2, 0) is 11.2 Å². The number of aromatic nitrogens is 2. The Hall–Kier alpha value is -2.62. The third kappa shape index (κ3) is 3.26. The zero-order valence-corrected chi connectivity index (χ0v) is 13.7. The Bertz CT molecular complexity index is 834. The number of benzene rings is 2. The normalized spacial score (nSPS) is 11.1. The fraction of sp³-hybridized carbons (Fsp3) is 0.263. The van der Waals surface area contributed by atoms with Crippen molar-refractivity contribution in [2.45, 2.75) is 33.2 Å². The summed E-state index contributed by atoms with van der Waals surface area (Å²) in [5.74, 6) is 0.983. The van der Waals surface area contributed by atoms with Crippen molar-refractivity contribution in [1.82, 2.24) is 9.55 Å². The summed E-state index contributed by atoms with van der Waals surface area (Å²) in [6.07, 6.45) is 0.346. The highest BCUT2D eigenvalue weighted by atomic mass is 16.1. The van der Waals surface area contributed by atoms with Crippen molar-refractivity contribution in [1.29, 1.82) is 0 Å². The van der Waals surface area contributed by atoms with Crippen molar-refractivity contribution < 1.29 is 4.79 Å². The highest BCUT2D eigenvalue weighted by Gasteiger charge is 2.11. The Labute approximate surface area is 136 Å². The van der Waals surface area contributed by atoms with Crippen LogP contribution in [0.25, 0.3) is 11.0 Å². The molecule has 1 heterocycles. The quantitative estimate of drug-likeness (QED) is 0.788. The Morgan fingerprint density at radius 1 is 1.17 bits per heavy atom. The first-order valence-electron chi connectivity index (χ1n) is 7.87. The second kappa shape index (κ2) is 6.24. The summed E-state index contributed by atoms with van der Waals surface area (Å²) in [5, 5.41) is 2.91. The average molecular weight is 307 g/mol. The summed E-state index contributed by atoms with van der Waals surface area (Å²) >= 11 is 0. The van der Waals surface area contributed by atoms with Crippen LogP contribution in [0.15, 0.2) is 48.5 Å². The van der Waals surface area contributed by atoms with Crippen LogP contribution in [0.4, 0.5) is 5.69 Å². The molecule has 3 rings (SSSR count). The molecule has 0 spiro atoms. The first-order valence-corrected chi connectivity index (χ1v) is 7.87. The van der Waals surface area contributed by atoms with Crippen LogP contribution in [0.5, 0.6) is 0 Å². The SMILES string of the molecule is Cc1nc2cc(CC(=O)Nc3ccccc3)ccc2n1C(C)C. The minimum atomic E-state index is -0.0180. The van der Waals surface area contributed by atoms with Crippen LogP contribution in [0.2, 0.25) is 0 Å². The van der Waals surface area contributed by atoms with Crippen LogP contribution < -0.4 is 5.32 Å². The number of carbonyl (C=O) groups excluding carboxylic acids is 1. The van der Waals surface area contributed by atoms with Crippen LogP contribution in [0.3, 0.4) is 0 Å². The molecule has 0 aliphatic rings. The molecule has 0 saturated carbocycles. The second-order valence-corrected chi connectivity index (χ2v) is 6.04. The van der Waals surface area contributed by atoms with Gasteiger partial charge in [0.25, 0.3) is 0 Å². The van der Waals surface area contributed by atoms with Gasteiger partial charge in [0, 0.05) is 11.7 Å². The highest BCUT2D eigenvalue weighted by Crippen LogP contribution is 2.22. The first-order chi connectivity index (χ1) is 11.0. The molecule has 4 heteroatoms. The number of nitrogens with zero attached hydrogens (tertiary/aromatic N) is 2. The van der Waals surface area contributed by atoms with E-state index >= 15 is 0 Å². The lowest BCUT2D eigenvalue weighted by molar-refractivity contribution is -0.115. The fourth-order valence-corrected chi connectivity index (χ4v) is 2.94. The minimum absolute atomic E-state index is 0.0180. The molecule has 0 saturated heterocycles. The lowest BCUT2D eigenvalue weighted by atomic mass is 10.1. The topological polar surface area (TPSA) is 46.9 Å². The number of nitrogens with one attached hydrogen (secondary N) is 1. The van der Waals surface area contributed by atoms with Gasteiger partial charge in [-0.15, -0.1) is 0 Å². The van der Waals surface area contributed by atoms with Crippen molar-refractivity contribution in [2.75, 3.05) is 5.32 Å². The fourth-order valence-electron chi connectivity index (χ4n) is 2.94. The lowest BCUT2D eigenvalue weighted by Crippen LogP contribution is -2.14. The highest BCUT2D eigenvalue weighted by molar-refractivity contribution is 5.92. The monoisotopic (exact) mass is 307 g/mol. The van der Waals surface area contributed by atoms with Crippen molar-refractivity contribution in [3.8, 4) is 0 Å². The Balaban J connectivity index is 1.80. The van der Waals surface area contributed by atoms with Gasteiger partial charge in [0.15, 0.2) is 0 Å². The standard InChI is InChI=1S/C19H21N3O/c1-13(2)22-14(3)20-17-11-15(9-10-18(17)22)12-19(23)21-16-7-5-4-6-8-16/h4-11,13H,12H2,1-3H3,(H,21,23). The molecule has 3 aromatic rings. The summed E-state index contributed by atoms with van der Waals surface area (Å²) in [6, 6.07) is 15.9. The number of rotatable bonds is 4. The van der Waals surface area contributed by atoms with Gasteiger partial charge in [0.1, 0.15) is 5.82 Å². The second-order valence-electron chi connectivity index (χ2n) is 6.04. The number of aryl methyl sites for hydroxylation is 1. The van der Waals surface area contributed by atoms with E-state index < -0.39 is 0 Å². The van der Waals surface area contributed by atoms with E-state index in [2.05, 4.69) is 34.8 Å². The van der Waals surface area contributed by atoms with Crippen molar-refractivity contribution in [3.63, 3.8) is 0 Å². The van der Waals surface area contributed by atoms with E-state index in [0.29, 0.717) is 12.5 Å². The molecule has 1 N–H and O–H groups in total. The number of imidazole rings is 1. The van der Waals surface area contributed by atoms with Gasteiger partial charge >= 0.3 is 0 Å². The van der Waals surface area contributed by atoms with E-state index in [4.69, 9.17) is 0 Å². The predicted molar refractivity (Wildman–Crippen MR) is 93.6 cm³/mol. The molecular formula is C19H21N3O. The molecule has 0 bridgehead atoms. The van der Waals surface area contributed by atoms with Crippen LogP contribution in [0, 0.1) is 6.92 Å². The number of fused-ring (bicyclic) bond motifs is 1. The molecule has 118 valence electrons. The summed E-state index contributed by atoms with van der Waals surface area (Å²) < 4.78 is 2.21. The molecule has 0 unspecified atom stereocenters. The number of amides is 1. The lowest BCUT2D eigenvalue weighted by Gasteiger charge is -2.10. The van der Waals surface area contributed by atoms with E-state index in [-0.39, 0.29) is 5.91 Å². The zero-order valence-electron chi connectivity index (χ0n) is 13.7. The molecule has 0 atom stereocenters. The molecule has 0 aliphatic heterocycles. The number of hydrogen-bond donors (Lipinski definition) is 1. The number of hydrogen-bond acceptors (Lipinski definition) is 2. The summed E-state index contributed by atoms with van der Waals surface area (Å²) in [6.45, 7) is 6.31. The molecule has 4 nitrogen and oxygen atoms in total. The third-order valence-electron chi connectivity index (χ3n) is 3.87. The summed E-state index contributed by atoms with van der Waals surface area (Å²) in [4.78, 5) is 16.8. The Morgan fingerprint density at radius 2 is 1.91 bits per heavy atom. The Morgan fingerprint density at radius 3 is 2.61 bits per heavy atom. The van der Waals surface area contributed by atoms with Gasteiger partial charge in [0.2, 0.25) is 5.91 Å². The van der Waals surface area contributed by atoms with Gasteiger partial charge < -0.3 is 9.88 Å². The van der Waals surface area contributed by atoms with E-state index in [9.17, 15) is 4.79 Å².